The zero-order valence-corrected chi connectivity index (χ0v) is 20.4. The lowest BCUT2D eigenvalue weighted by atomic mass is 9.48. The molecule has 4 aliphatic carbocycles. The molecule has 1 saturated heterocycles. The molecule has 6 rings (SSSR count). The van der Waals surface area contributed by atoms with Gasteiger partial charge >= 0.3 is 5.97 Å². The fourth-order valence-corrected chi connectivity index (χ4v) is 8.79. The van der Waals surface area contributed by atoms with Crippen LogP contribution < -0.4 is 0 Å². The molecule has 5 aliphatic rings. The number of hydrogen-bond acceptors (Lipinski definition) is 6. The molecule has 0 aromatic heterocycles. The van der Waals surface area contributed by atoms with Crippen LogP contribution in [0.1, 0.15) is 55.8 Å². The summed E-state index contributed by atoms with van der Waals surface area (Å²) in [7, 11) is -3.88. The van der Waals surface area contributed by atoms with Crippen molar-refractivity contribution in [2.45, 2.75) is 56.4 Å². The average molecular weight is 496 g/mol. The number of hydrogen-bond donors (Lipinski definition) is 0. The number of rotatable bonds is 6. The van der Waals surface area contributed by atoms with E-state index < -0.39 is 22.1 Å². The van der Waals surface area contributed by atoms with Crippen LogP contribution in [0.5, 0.6) is 0 Å². The molecule has 0 radical (unpaired) electrons. The van der Waals surface area contributed by atoms with Crippen LogP contribution in [-0.4, -0.2) is 56.9 Å². The standard InChI is InChI=1S/C24H30ClNO6S/c1-15(22(27)24-12-16-8-17(13-24)10-18(9-16)14-24)32-23(28)19-2-3-20(25)21(11-19)33(29,30)26-4-6-31-7-5-26/h2-3,11,15-18H,4-10,12-14H2,1H3. The van der Waals surface area contributed by atoms with E-state index in [-0.39, 0.29) is 39.8 Å². The van der Waals surface area contributed by atoms with Gasteiger partial charge in [0, 0.05) is 18.5 Å². The lowest BCUT2D eigenvalue weighted by Gasteiger charge is -2.56. The van der Waals surface area contributed by atoms with Crippen molar-refractivity contribution < 1.29 is 27.5 Å². The third-order valence-corrected chi connectivity index (χ3v) is 10.3. The third-order valence-electron chi connectivity index (χ3n) is 7.97. The molecule has 9 heteroatoms. The van der Waals surface area contributed by atoms with E-state index in [0.717, 1.165) is 19.3 Å². The summed E-state index contributed by atoms with van der Waals surface area (Å²) < 4.78 is 38.2. The van der Waals surface area contributed by atoms with Gasteiger partial charge < -0.3 is 9.47 Å². The van der Waals surface area contributed by atoms with Crippen molar-refractivity contribution in [3.05, 3.63) is 28.8 Å². The second-order valence-electron chi connectivity index (χ2n) is 10.3. The number of carbonyl (C=O) groups excluding carboxylic acids is 2. The molecule has 5 fully saturated rings. The smallest absolute Gasteiger partial charge is 0.338 e. The van der Waals surface area contributed by atoms with Gasteiger partial charge in [0.15, 0.2) is 11.9 Å². The number of nitrogens with zero attached hydrogens (tertiary/aromatic N) is 1. The molecule has 7 nitrogen and oxygen atoms in total. The SMILES string of the molecule is CC(OC(=O)c1ccc(Cl)c(S(=O)(=O)N2CCOCC2)c1)C(=O)C12CC3CC(CC(C3)C1)C2. The number of halogens is 1. The van der Waals surface area contributed by atoms with Crippen molar-refractivity contribution in [3.63, 3.8) is 0 Å². The summed E-state index contributed by atoms with van der Waals surface area (Å²) >= 11 is 6.19. The molecule has 1 heterocycles. The molecule has 1 unspecified atom stereocenters. The summed E-state index contributed by atoms with van der Waals surface area (Å²) in [6.45, 7) is 2.71. The van der Waals surface area contributed by atoms with Crippen LogP contribution in [0.2, 0.25) is 5.02 Å². The Hall–Kier alpha value is -1.48. The van der Waals surface area contributed by atoms with Crippen molar-refractivity contribution >= 4 is 33.4 Å². The van der Waals surface area contributed by atoms with Gasteiger partial charge in [0.2, 0.25) is 10.0 Å². The van der Waals surface area contributed by atoms with Gasteiger partial charge in [-0.2, -0.15) is 4.31 Å². The van der Waals surface area contributed by atoms with E-state index in [1.165, 1.54) is 41.8 Å². The van der Waals surface area contributed by atoms with Crippen LogP contribution in [-0.2, 0) is 24.3 Å². The maximum atomic E-state index is 13.4. The lowest BCUT2D eigenvalue weighted by molar-refractivity contribution is -0.152. The van der Waals surface area contributed by atoms with Crippen molar-refractivity contribution in [2.24, 2.45) is 23.2 Å². The van der Waals surface area contributed by atoms with E-state index in [9.17, 15) is 18.0 Å². The van der Waals surface area contributed by atoms with Gasteiger partial charge in [0.25, 0.3) is 0 Å². The molecule has 1 aromatic carbocycles. The number of esters is 1. The van der Waals surface area contributed by atoms with Crippen LogP contribution in [0.3, 0.4) is 0 Å². The largest absolute Gasteiger partial charge is 0.451 e. The quantitative estimate of drug-likeness (QED) is 0.559. The van der Waals surface area contributed by atoms with Crippen molar-refractivity contribution in [1.29, 1.82) is 0 Å². The zero-order valence-electron chi connectivity index (χ0n) is 18.8. The minimum Gasteiger partial charge on any atom is -0.451 e. The molecular formula is C24H30ClNO6S. The lowest BCUT2D eigenvalue weighted by Crippen LogP contribution is -2.52. The summed E-state index contributed by atoms with van der Waals surface area (Å²) in [5.74, 6) is 1.16. The van der Waals surface area contributed by atoms with Crippen LogP contribution in [0.25, 0.3) is 0 Å². The Labute approximate surface area is 199 Å². The summed E-state index contributed by atoms with van der Waals surface area (Å²) in [5, 5.41) is 0.0377. The highest BCUT2D eigenvalue weighted by Gasteiger charge is 2.55. The van der Waals surface area contributed by atoms with E-state index in [4.69, 9.17) is 21.1 Å². The highest BCUT2D eigenvalue weighted by Crippen LogP contribution is 2.60. The first kappa shape index (κ1) is 23.3. The second-order valence-corrected chi connectivity index (χ2v) is 12.6. The normalized spacial score (nSPS) is 32.5. The van der Waals surface area contributed by atoms with Crippen LogP contribution >= 0.6 is 11.6 Å². The average Bonchev–Trinajstić information content (AvgIpc) is 2.78. The minimum absolute atomic E-state index is 0.0186. The first-order valence-electron chi connectivity index (χ1n) is 11.8. The summed E-state index contributed by atoms with van der Waals surface area (Å²) in [6, 6.07) is 4.07. The topological polar surface area (TPSA) is 90.0 Å². The maximum Gasteiger partial charge on any atom is 0.338 e. The summed E-state index contributed by atoms with van der Waals surface area (Å²) in [5.41, 5.74) is -0.296. The molecule has 0 amide bonds. The predicted octanol–water partition coefficient (Wildman–Crippen LogP) is 3.69. The van der Waals surface area contributed by atoms with Crippen LogP contribution in [0.4, 0.5) is 0 Å². The van der Waals surface area contributed by atoms with E-state index in [2.05, 4.69) is 0 Å². The molecule has 1 aliphatic heterocycles. The third kappa shape index (κ3) is 4.24. The monoisotopic (exact) mass is 495 g/mol. The van der Waals surface area contributed by atoms with E-state index in [0.29, 0.717) is 31.0 Å². The molecule has 4 bridgehead atoms. The Morgan fingerprint density at radius 2 is 1.67 bits per heavy atom. The van der Waals surface area contributed by atoms with Gasteiger partial charge in [0.1, 0.15) is 4.90 Å². The Kier molecular flexibility index (Phi) is 6.08. The second kappa shape index (κ2) is 8.63. The predicted molar refractivity (Wildman–Crippen MR) is 122 cm³/mol. The van der Waals surface area contributed by atoms with Gasteiger partial charge in [-0.05, 0) is 81.4 Å². The highest BCUT2D eigenvalue weighted by atomic mass is 35.5. The highest BCUT2D eigenvalue weighted by molar-refractivity contribution is 7.89. The molecule has 4 saturated carbocycles. The van der Waals surface area contributed by atoms with Gasteiger partial charge in [-0.25, -0.2) is 13.2 Å². The van der Waals surface area contributed by atoms with Crippen molar-refractivity contribution in [1.82, 2.24) is 4.31 Å². The Balaban J connectivity index is 1.32. The van der Waals surface area contributed by atoms with Crippen molar-refractivity contribution in [3.8, 4) is 0 Å². The first-order chi connectivity index (χ1) is 15.7. The molecule has 180 valence electrons. The molecule has 0 spiro atoms. The number of ketones is 1. The fourth-order valence-electron chi connectivity index (χ4n) is 6.88. The number of Topliss-reactive ketones (excluding diaryl/α,β-unsaturated/α-hetero) is 1. The Morgan fingerprint density at radius 3 is 2.24 bits per heavy atom. The molecule has 33 heavy (non-hydrogen) atoms. The fraction of sp³-hybridized carbons (Fsp3) is 0.667. The first-order valence-corrected chi connectivity index (χ1v) is 13.6. The number of sulfonamides is 1. The van der Waals surface area contributed by atoms with Gasteiger partial charge in [0.05, 0.1) is 23.8 Å². The van der Waals surface area contributed by atoms with Gasteiger partial charge in [-0.3, -0.25) is 4.79 Å². The van der Waals surface area contributed by atoms with E-state index >= 15 is 0 Å². The Bertz CT molecular complexity index is 1030. The number of morpholine rings is 1. The minimum atomic E-state index is -3.88. The summed E-state index contributed by atoms with van der Waals surface area (Å²) in [4.78, 5) is 26.2. The number of ether oxygens (including phenoxy) is 2. The molecule has 1 aromatic rings. The number of benzene rings is 1. The maximum absolute atomic E-state index is 13.4. The molecule has 0 N–H and O–H groups in total. The van der Waals surface area contributed by atoms with Crippen molar-refractivity contribution in [2.75, 3.05) is 26.3 Å². The van der Waals surface area contributed by atoms with E-state index in [1.54, 1.807) is 6.92 Å². The van der Waals surface area contributed by atoms with Gasteiger partial charge in [-0.15, -0.1) is 0 Å². The van der Waals surface area contributed by atoms with Crippen LogP contribution in [0, 0.1) is 23.2 Å². The Morgan fingerprint density at radius 1 is 1.09 bits per heavy atom. The van der Waals surface area contributed by atoms with E-state index in [1.807, 2.05) is 0 Å². The zero-order chi connectivity index (χ0) is 23.4. The summed E-state index contributed by atoms with van der Waals surface area (Å²) in [6.07, 6.45) is 5.53. The molecule has 1 atom stereocenters. The van der Waals surface area contributed by atoms with Crippen LogP contribution in [0.15, 0.2) is 23.1 Å². The molecular weight excluding hydrogens is 466 g/mol. The number of carbonyl (C=O) groups is 2. The van der Waals surface area contributed by atoms with Gasteiger partial charge in [-0.1, -0.05) is 11.6 Å².